The van der Waals surface area contributed by atoms with Crippen molar-refractivity contribution in [1.29, 1.82) is 0 Å². The molecule has 0 saturated heterocycles. The van der Waals surface area contributed by atoms with Crippen LogP contribution in [-0.2, 0) is 21.2 Å². The number of anilines is 2. The number of nitrogens with one attached hydrogen (secondary N) is 1. The summed E-state index contributed by atoms with van der Waals surface area (Å²) in [6, 6.07) is 9.49. The number of halogens is 2. The minimum Gasteiger partial charge on any atom is -0.312 e. The molecule has 0 fully saturated rings. The topological polar surface area (TPSA) is 66.5 Å². The summed E-state index contributed by atoms with van der Waals surface area (Å²) >= 11 is 11.9. The van der Waals surface area contributed by atoms with E-state index in [9.17, 15) is 13.2 Å². The second kappa shape index (κ2) is 7.70. The van der Waals surface area contributed by atoms with Gasteiger partial charge in [-0.3, -0.25) is 9.52 Å². The van der Waals surface area contributed by atoms with Crippen LogP contribution in [-0.4, -0.2) is 20.9 Å². The van der Waals surface area contributed by atoms with Crippen molar-refractivity contribution in [1.82, 2.24) is 0 Å². The molecule has 2 aromatic rings. The Balaban J connectivity index is 1.91. The van der Waals surface area contributed by atoms with Gasteiger partial charge in [-0.25, -0.2) is 8.42 Å². The normalized spacial score (nSPS) is 14.4. The summed E-state index contributed by atoms with van der Waals surface area (Å²) in [7, 11) is -3.88. The number of fused-ring (bicyclic) bond motifs is 1. The molecule has 5 nitrogen and oxygen atoms in total. The van der Waals surface area contributed by atoms with Gasteiger partial charge >= 0.3 is 0 Å². The summed E-state index contributed by atoms with van der Waals surface area (Å²) in [5.41, 5.74) is 2.19. The van der Waals surface area contributed by atoms with Crippen LogP contribution in [0.4, 0.5) is 11.4 Å². The molecule has 0 saturated carbocycles. The number of carbonyl (C=O) groups is 1. The van der Waals surface area contributed by atoms with Crippen molar-refractivity contribution in [3.8, 4) is 0 Å². The summed E-state index contributed by atoms with van der Waals surface area (Å²) in [6.45, 7) is 4.74. The second-order valence-corrected chi connectivity index (χ2v) is 9.42. The van der Waals surface area contributed by atoms with Gasteiger partial charge in [0.25, 0.3) is 10.0 Å². The van der Waals surface area contributed by atoms with E-state index >= 15 is 0 Å². The molecular weight excluding hydrogens is 407 g/mol. The van der Waals surface area contributed by atoms with Crippen LogP contribution in [0.2, 0.25) is 10.0 Å². The molecule has 2 aromatic carbocycles. The lowest BCUT2D eigenvalue weighted by molar-refractivity contribution is -0.119. The van der Waals surface area contributed by atoms with E-state index in [0.717, 1.165) is 11.3 Å². The van der Waals surface area contributed by atoms with Crippen LogP contribution in [0.25, 0.3) is 0 Å². The zero-order valence-electron chi connectivity index (χ0n) is 15.0. The van der Waals surface area contributed by atoms with Crippen molar-refractivity contribution in [2.75, 3.05) is 16.2 Å². The maximum atomic E-state index is 12.7. The highest BCUT2D eigenvalue weighted by Crippen LogP contribution is 2.32. The van der Waals surface area contributed by atoms with Crippen molar-refractivity contribution < 1.29 is 13.2 Å². The fourth-order valence-electron chi connectivity index (χ4n) is 3.08. The van der Waals surface area contributed by atoms with Gasteiger partial charge in [0.1, 0.15) is 4.90 Å². The molecule has 1 aliphatic heterocycles. The van der Waals surface area contributed by atoms with Crippen LogP contribution in [0, 0.1) is 5.92 Å². The van der Waals surface area contributed by atoms with E-state index in [-0.39, 0.29) is 20.8 Å². The van der Waals surface area contributed by atoms with Crippen molar-refractivity contribution in [2.45, 2.75) is 31.6 Å². The van der Waals surface area contributed by atoms with Crippen molar-refractivity contribution in [2.24, 2.45) is 5.92 Å². The predicted octanol–water partition coefficient (Wildman–Crippen LogP) is 4.73. The summed E-state index contributed by atoms with van der Waals surface area (Å²) in [4.78, 5) is 13.9. The van der Waals surface area contributed by atoms with Crippen molar-refractivity contribution in [3.05, 3.63) is 52.0 Å². The molecule has 27 heavy (non-hydrogen) atoms. The highest BCUT2D eigenvalue weighted by atomic mass is 35.5. The largest absolute Gasteiger partial charge is 0.312 e. The molecule has 1 aliphatic rings. The molecule has 0 aromatic heterocycles. The average molecular weight is 427 g/mol. The number of nitrogens with zero attached hydrogens (tertiary/aromatic N) is 1. The lowest BCUT2D eigenvalue weighted by Crippen LogP contribution is -2.37. The molecule has 8 heteroatoms. The molecule has 1 heterocycles. The number of aryl methyl sites for hydroxylation is 1. The Hall–Kier alpha value is -1.76. The van der Waals surface area contributed by atoms with E-state index in [4.69, 9.17) is 23.2 Å². The molecule has 0 radical (unpaired) electrons. The Morgan fingerprint density at radius 3 is 2.56 bits per heavy atom. The third-order valence-electron chi connectivity index (χ3n) is 4.26. The first-order valence-corrected chi connectivity index (χ1v) is 10.8. The number of hydrogen-bond donors (Lipinski definition) is 1. The third kappa shape index (κ3) is 4.39. The van der Waals surface area contributed by atoms with Gasteiger partial charge in [-0.1, -0.05) is 37.0 Å². The van der Waals surface area contributed by atoms with Gasteiger partial charge in [0.05, 0.1) is 5.02 Å². The van der Waals surface area contributed by atoms with E-state index in [2.05, 4.69) is 18.6 Å². The van der Waals surface area contributed by atoms with Gasteiger partial charge in [0, 0.05) is 29.4 Å². The van der Waals surface area contributed by atoms with Gasteiger partial charge in [-0.15, -0.1) is 0 Å². The minimum absolute atomic E-state index is 0.0778. The molecule has 0 unspecified atom stereocenters. The van der Waals surface area contributed by atoms with Gasteiger partial charge in [0.15, 0.2) is 0 Å². The number of carbonyl (C=O) groups excluding carboxylic acids is 1. The maximum absolute atomic E-state index is 12.7. The molecule has 0 bridgehead atoms. The molecule has 1 amide bonds. The van der Waals surface area contributed by atoms with Crippen LogP contribution < -0.4 is 9.62 Å². The van der Waals surface area contributed by atoms with Crippen LogP contribution in [0.1, 0.15) is 25.8 Å². The Morgan fingerprint density at radius 1 is 1.11 bits per heavy atom. The number of hydrogen-bond acceptors (Lipinski definition) is 3. The highest BCUT2D eigenvalue weighted by molar-refractivity contribution is 7.92. The number of amides is 1. The van der Waals surface area contributed by atoms with Gasteiger partial charge in [-0.05, 0) is 54.3 Å². The Bertz CT molecular complexity index is 990. The van der Waals surface area contributed by atoms with Crippen molar-refractivity contribution >= 4 is 50.5 Å². The number of benzene rings is 2. The smallest absolute Gasteiger partial charge is 0.263 e. The van der Waals surface area contributed by atoms with Gasteiger partial charge < -0.3 is 4.90 Å². The highest BCUT2D eigenvalue weighted by Gasteiger charge is 2.26. The standard InChI is InChI=1S/C19H20Cl2N2O3S/c1-12(2)11-23-17-7-5-15(9-13(17)3-8-19(23)24)22-27(25,26)18-10-14(20)4-6-16(18)21/h4-7,9-10,12,22H,3,8,11H2,1-2H3. The minimum atomic E-state index is -3.88. The zero-order valence-corrected chi connectivity index (χ0v) is 17.3. The Morgan fingerprint density at radius 2 is 1.85 bits per heavy atom. The summed E-state index contributed by atoms with van der Waals surface area (Å²) in [5.74, 6) is 0.429. The first-order valence-electron chi connectivity index (χ1n) is 8.58. The van der Waals surface area contributed by atoms with Crippen molar-refractivity contribution in [3.63, 3.8) is 0 Å². The monoisotopic (exact) mass is 426 g/mol. The van der Waals surface area contributed by atoms with E-state index in [1.54, 1.807) is 23.1 Å². The van der Waals surface area contributed by atoms with Crippen LogP contribution in [0.3, 0.4) is 0 Å². The molecule has 0 aliphatic carbocycles. The second-order valence-electron chi connectivity index (χ2n) is 6.92. The SMILES string of the molecule is CC(C)CN1C(=O)CCc2cc(NS(=O)(=O)c3cc(Cl)ccc3Cl)ccc21. The van der Waals surface area contributed by atoms with E-state index in [0.29, 0.717) is 31.0 Å². The first kappa shape index (κ1) is 20.0. The van der Waals surface area contributed by atoms with Crippen LogP contribution in [0.15, 0.2) is 41.3 Å². The Kier molecular flexibility index (Phi) is 5.70. The van der Waals surface area contributed by atoms with Gasteiger partial charge in [-0.2, -0.15) is 0 Å². The fraction of sp³-hybridized carbons (Fsp3) is 0.316. The van der Waals surface area contributed by atoms with Crippen LogP contribution in [0.5, 0.6) is 0 Å². The third-order valence-corrected chi connectivity index (χ3v) is 6.36. The van der Waals surface area contributed by atoms with E-state index in [1.165, 1.54) is 18.2 Å². The number of sulfonamides is 1. The summed E-state index contributed by atoms with van der Waals surface area (Å²) < 4.78 is 27.9. The predicted molar refractivity (Wildman–Crippen MR) is 109 cm³/mol. The quantitative estimate of drug-likeness (QED) is 0.750. The Labute approximate surface area is 169 Å². The zero-order chi connectivity index (χ0) is 19.8. The maximum Gasteiger partial charge on any atom is 0.263 e. The lowest BCUT2D eigenvalue weighted by atomic mass is 9.99. The molecule has 0 atom stereocenters. The fourth-order valence-corrected chi connectivity index (χ4v) is 4.90. The summed E-state index contributed by atoms with van der Waals surface area (Å²) in [5, 5.41) is 0.381. The summed E-state index contributed by atoms with van der Waals surface area (Å²) in [6.07, 6.45) is 0.992. The number of rotatable bonds is 5. The van der Waals surface area contributed by atoms with Gasteiger partial charge in [0.2, 0.25) is 5.91 Å². The van der Waals surface area contributed by atoms with E-state index in [1.807, 2.05) is 0 Å². The molecule has 144 valence electrons. The molecule has 0 spiro atoms. The van der Waals surface area contributed by atoms with E-state index < -0.39 is 10.0 Å². The average Bonchev–Trinajstić information content (AvgIpc) is 2.59. The van der Waals surface area contributed by atoms with Crippen LogP contribution >= 0.6 is 23.2 Å². The molecule has 3 rings (SSSR count). The first-order chi connectivity index (χ1) is 12.7. The lowest BCUT2D eigenvalue weighted by Gasteiger charge is -2.31. The molecule has 1 N–H and O–H groups in total. The molecular formula is C19H20Cl2N2O3S.